The van der Waals surface area contributed by atoms with Crippen LogP contribution in [0.5, 0.6) is 0 Å². The summed E-state index contributed by atoms with van der Waals surface area (Å²) in [6.07, 6.45) is 6.67. The SMILES string of the molecule is Cc1cccc(-n2cc(CNC(=O)c3cnc4c(C(N)=O)cccn34)cn2)c1. The molecule has 0 saturated heterocycles. The van der Waals surface area contributed by atoms with Gasteiger partial charge < -0.3 is 11.1 Å². The van der Waals surface area contributed by atoms with Crippen LogP contribution in [0.15, 0.2) is 61.2 Å². The summed E-state index contributed by atoms with van der Waals surface area (Å²) in [5, 5.41) is 7.19. The lowest BCUT2D eigenvalue weighted by Crippen LogP contribution is -2.24. The maximum absolute atomic E-state index is 12.6. The average Bonchev–Trinajstić information content (AvgIpc) is 3.33. The topological polar surface area (TPSA) is 107 Å². The van der Waals surface area contributed by atoms with E-state index in [-0.39, 0.29) is 11.5 Å². The lowest BCUT2D eigenvalue weighted by molar-refractivity contribution is 0.0943. The Kier molecular flexibility index (Phi) is 4.36. The molecule has 0 fully saturated rings. The number of carbonyl (C=O) groups excluding carboxylic acids is 2. The van der Waals surface area contributed by atoms with Gasteiger partial charge in [0.2, 0.25) is 0 Å². The van der Waals surface area contributed by atoms with Crippen LogP contribution in [0.3, 0.4) is 0 Å². The fourth-order valence-electron chi connectivity index (χ4n) is 3.01. The van der Waals surface area contributed by atoms with E-state index in [1.807, 2.05) is 37.4 Å². The predicted molar refractivity (Wildman–Crippen MR) is 103 cm³/mol. The molecule has 8 heteroatoms. The largest absolute Gasteiger partial charge is 0.365 e. The molecule has 0 radical (unpaired) electrons. The number of fused-ring (bicyclic) bond motifs is 1. The van der Waals surface area contributed by atoms with E-state index in [0.717, 1.165) is 16.8 Å². The van der Waals surface area contributed by atoms with Gasteiger partial charge in [-0.15, -0.1) is 0 Å². The lowest BCUT2D eigenvalue weighted by atomic mass is 10.2. The second-order valence-electron chi connectivity index (χ2n) is 6.44. The Hall–Kier alpha value is -3.94. The maximum atomic E-state index is 12.6. The summed E-state index contributed by atoms with van der Waals surface area (Å²) < 4.78 is 3.31. The van der Waals surface area contributed by atoms with Crippen molar-refractivity contribution in [2.24, 2.45) is 5.73 Å². The molecule has 0 bridgehead atoms. The number of benzene rings is 1. The molecule has 8 nitrogen and oxygen atoms in total. The summed E-state index contributed by atoms with van der Waals surface area (Å²) in [6.45, 7) is 2.33. The van der Waals surface area contributed by atoms with Crippen molar-refractivity contribution in [2.45, 2.75) is 13.5 Å². The summed E-state index contributed by atoms with van der Waals surface area (Å²) in [5.74, 6) is -0.899. The van der Waals surface area contributed by atoms with Crippen molar-refractivity contribution in [3.63, 3.8) is 0 Å². The number of amides is 2. The fourth-order valence-corrected chi connectivity index (χ4v) is 3.01. The molecule has 3 heterocycles. The van der Waals surface area contributed by atoms with Crippen LogP contribution >= 0.6 is 0 Å². The Morgan fingerprint density at radius 2 is 2.04 bits per heavy atom. The highest BCUT2D eigenvalue weighted by molar-refractivity contribution is 6.00. The molecule has 4 rings (SSSR count). The highest BCUT2D eigenvalue weighted by Crippen LogP contribution is 2.13. The predicted octanol–water partition coefficient (Wildman–Crippen LogP) is 1.86. The van der Waals surface area contributed by atoms with Crippen molar-refractivity contribution < 1.29 is 9.59 Å². The van der Waals surface area contributed by atoms with Gasteiger partial charge in [0, 0.05) is 24.5 Å². The number of nitrogens with two attached hydrogens (primary N) is 1. The maximum Gasteiger partial charge on any atom is 0.270 e. The zero-order valence-electron chi connectivity index (χ0n) is 15.2. The molecule has 0 atom stereocenters. The van der Waals surface area contributed by atoms with Gasteiger partial charge >= 0.3 is 0 Å². The lowest BCUT2D eigenvalue weighted by Gasteiger charge is -2.05. The van der Waals surface area contributed by atoms with Crippen LogP contribution in [0.25, 0.3) is 11.3 Å². The van der Waals surface area contributed by atoms with Crippen molar-refractivity contribution in [3.8, 4) is 5.69 Å². The molecule has 0 aliphatic rings. The quantitative estimate of drug-likeness (QED) is 0.556. The summed E-state index contributed by atoms with van der Waals surface area (Å²) >= 11 is 0. The van der Waals surface area contributed by atoms with Crippen molar-refractivity contribution >= 4 is 17.5 Å². The zero-order chi connectivity index (χ0) is 19.7. The molecule has 4 aromatic rings. The average molecular weight is 374 g/mol. The van der Waals surface area contributed by atoms with Gasteiger partial charge in [0.05, 0.1) is 23.6 Å². The van der Waals surface area contributed by atoms with E-state index in [0.29, 0.717) is 17.9 Å². The van der Waals surface area contributed by atoms with Crippen molar-refractivity contribution in [2.75, 3.05) is 0 Å². The summed E-state index contributed by atoms with van der Waals surface area (Å²) in [5.41, 5.74) is 9.26. The summed E-state index contributed by atoms with van der Waals surface area (Å²) in [6, 6.07) is 11.2. The molecule has 1 aromatic carbocycles. The number of rotatable bonds is 5. The van der Waals surface area contributed by atoms with E-state index >= 15 is 0 Å². The highest BCUT2D eigenvalue weighted by atomic mass is 16.2. The van der Waals surface area contributed by atoms with Crippen LogP contribution in [0.1, 0.15) is 32.0 Å². The van der Waals surface area contributed by atoms with Gasteiger partial charge in [-0.2, -0.15) is 5.10 Å². The Labute approximate surface area is 160 Å². The molecule has 28 heavy (non-hydrogen) atoms. The number of carbonyl (C=O) groups is 2. The second-order valence-corrected chi connectivity index (χ2v) is 6.44. The number of hydrogen-bond donors (Lipinski definition) is 2. The molecule has 0 aliphatic carbocycles. The monoisotopic (exact) mass is 374 g/mol. The van der Waals surface area contributed by atoms with Crippen LogP contribution in [0.4, 0.5) is 0 Å². The van der Waals surface area contributed by atoms with Crippen molar-refractivity contribution in [1.82, 2.24) is 24.5 Å². The molecular weight excluding hydrogens is 356 g/mol. The van der Waals surface area contributed by atoms with Gasteiger partial charge in [-0.3, -0.25) is 14.0 Å². The van der Waals surface area contributed by atoms with Gasteiger partial charge in [0.1, 0.15) is 11.3 Å². The highest BCUT2D eigenvalue weighted by Gasteiger charge is 2.16. The van der Waals surface area contributed by atoms with E-state index in [2.05, 4.69) is 15.4 Å². The first-order valence-corrected chi connectivity index (χ1v) is 8.67. The number of aromatic nitrogens is 4. The minimum Gasteiger partial charge on any atom is -0.365 e. The molecular formula is C20H18N6O2. The third-order valence-electron chi connectivity index (χ3n) is 4.39. The number of nitrogens with zero attached hydrogens (tertiary/aromatic N) is 4. The van der Waals surface area contributed by atoms with Crippen LogP contribution < -0.4 is 11.1 Å². The summed E-state index contributed by atoms with van der Waals surface area (Å²) in [4.78, 5) is 28.2. The van der Waals surface area contributed by atoms with E-state index in [1.54, 1.807) is 33.6 Å². The number of imidazole rings is 1. The van der Waals surface area contributed by atoms with Gasteiger partial charge in [0.25, 0.3) is 11.8 Å². The van der Waals surface area contributed by atoms with Gasteiger partial charge in [-0.1, -0.05) is 12.1 Å². The van der Waals surface area contributed by atoms with Crippen LogP contribution in [0, 0.1) is 6.92 Å². The zero-order valence-corrected chi connectivity index (χ0v) is 15.2. The van der Waals surface area contributed by atoms with Crippen molar-refractivity contribution in [3.05, 3.63) is 83.6 Å². The molecule has 0 spiro atoms. The standard InChI is InChI=1S/C20H18N6O2/c1-13-4-2-5-15(8-13)26-12-14(10-24-26)9-23-20(28)17-11-22-19-16(18(21)27)6-3-7-25(17)19/h2-8,10-12H,9H2,1H3,(H2,21,27)(H,23,28). The molecule has 3 aromatic heterocycles. The fraction of sp³-hybridized carbons (Fsp3) is 0.100. The van der Waals surface area contributed by atoms with Crippen LogP contribution in [-0.2, 0) is 6.54 Å². The number of pyridine rings is 1. The summed E-state index contributed by atoms with van der Waals surface area (Å²) in [7, 11) is 0. The minimum absolute atomic E-state index is 0.265. The Morgan fingerprint density at radius 1 is 1.18 bits per heavy atom. The van der Waals surface area contributed by atoms with Crippen molar-refractivity contribution in [1.29, 1.82) is 0 Å². The molecule has 2 amide bonds. The first-order valence-electron chi connectivity index (χ1n) is 8.67. The van der Waals surface area contributed by atoms with Gasteiger partial charge in [0.15, 0.2) is 0 Å². The molecule has 0 aliphatic heterocycles. The number of nitrogens with one attached hydrogen (secondary N) is 1. The van der Waals surface area contributed by atoms with E-state index < -0.39 is 5.91 Å². The Balaban J connectivity index is 1.50. The first-order chi connectivity index (χ1) is 13.5. The van der Waals surface area contributed by atoms with E-state index in [9.17, 15) is 9.59 Å². The first kappa shape index (κ1) is 17.5. The third-order valence-corrected chi connectivity index (χ3v) is 4.39. The van der Waals surface area contributed by atoms with Gasteiger partial charge in [-0.05, 0) is 36.8 Å². The second kappa shape index (κ2) is 6.99. The Morgan fingerprint density at radius 3 is 2.82 bits per heavy atom. The van der Waals surface area contributed by atoms with E-state index in [4.69, 9.17) is 5.73 Å². The molecule has 0 saturated carbocycles. The van der Waals surface area contributed by atoms with Crippen LogP contribution in [-0.4, -0.2) is 31.0 Å². The number of hydrogen-bond acceptors (Lipinski definition) is 4. The Bertz CT molecular complexity index is 1190. The molecule has 3 N–H and O–H groups in total. The van der Waals surface area contributed by atoms with Gasteiger partial charge in [-0.25, -0.2) is 9.67 Å². The third kappa shape index (κ3) is 3.23. The minimum atomic E-state index is -0.591. The smallest absolute Gasteiger partial charge is 0.270 e. The molecule has 0 unspecified atom stereocenters. The van der Waals surface area contributed by atoms with Crippen LogP contribution in [0.2, 0.25) is 0 Å². The normalized spacial score (nSPS) is 10.9. The number of primary amides is 1. The molecule has 140 valence electrons. The van der Waals surface area contributed by atoms with E-state index in [1.165, 1.54) is 6.20 Å². The number of aryl methyl sites for hydroxylation is 1.